The van der Waals surface area contributed by atoms with Crippen LogP contribution in [0.5, 0.6) is 0 Å². The van der Waals surface area contributed by atoms with Crippen molar-refractivity contribution in [3.63, 3.8) is 0 Å². The summed E-state index contributed by atoms with van der Waals surface area (Å²) < 4.78 is 13.0. The van der Waals surface area contributed by atoms with Gasteiger partial charge in [0.25, 0.3) is 0 Å². The first-order valence-corrected chi connectivity index (χ1v) is 8.85. The molecule has 2 N–H and O–H groups in total. The van der Waals surface area contributed by atoms with Crippen LogP contribution in [-0.2, 0) is 11.2 Å². The molecule has 0 aromatic heterocycles. The Bertz CT molecular complexity index is 772. The molecule has 2 rings (SSSR count). The van der Waals surface area contributed by atoms with Crippen LogP contribution in [0.2, 0.25) is 0 Å². The molecule has 0 aliphatic heterocycles. The third-order valence-corrected chi connectivity index (χ3v) is 4.37. The van der Waals surface area contributed by atoms with Crippen molar-refractivity contribution in [2.45, 2.75) is 32.7 Å². The van der Waals surface area contributed by atoms with Crippen LogP contribution in [0, 0.1) is 11.7 Å². The topological polar surface area (TPSA) is 77.8 Å². The molecule has 2 aromatic rings. The fourth-order valence-electron chi connectivity index (χ4n) is 2.95. The lowest BCUT2D eigenvalue weighted by molar-refractivity contribution is -0.143. The second kappa shape index (κ2) is 9.16. The Balaban J connectivity index is 2.07. The van der Waals surface area contributed by atoms with E-state index < -0.39 is 18.1 Å². The van der Waals surface area contributed by atoms with Crippen LogP contribution in [0.4, 0.5) is 9.18 Å². The van der Waals surface area contributed by atoms with Gasteiger partial charge in [-0.3, -0.25) is 4.90 Å². The Kier molecular flexibility index (Phi) is 6.93. The van der Waals surface area contributed by atoms with Crippen LogP contribution in [0.25, 0.3) is 11.1 Å². The van der Waals surface area contributed by atoms with Crippen LogP contribution in [0.3, 0.4) is 0 Å². The van der Waals surface area contributed by atoms with Crippen LogP contribution >= 0.6 is 0 Å². The zero-order chi connectivity index (χ0) is 20.0. The number of carboxylic acids is 1. The Morgan fingerprint density at radius 1 is 0.963 bits per heavy atom. The van der Waals surface area contributed by atoms with E-state index in [4.69, 9.17) is 0 Å². The first-order chi connectivity index (χ1) is 12.8. The second-order valence-corrected chi connectivity index (χ2v) is 6.91. The maximum Gasteiger partial charge on any atom is 0.408 e. The molecular weight excluding hydrogens is 349 g/mol. The summed E-state index contributed by atoms with van der Waals surface area (Å²) in [6, 6.07) is 12.6. The number of hydrogen-bond acceptors (Lipinski definition) is 2. The summed E-state index contributed by atoms with van der Waals surface area (Å²) in [4.78, 5) is 24.0. The summed E-state index contributed by atoms with van der Waals surface area (Å²) in [5.41, 5.74) is 2.72. The average molecular weight is 373 g/mol. The zero-order valence-electron chi connectivity index (χ0n) is 15.4. The van der Waals surface area contributed by atoms with Gasteiger partial charge in [-0.1, -0.05) is 50.2 Å². The first-order valence-electron chi connectivity index (χ1n) is 8.85. The van der Waals surface area contributed by atoms with Crippen molar-refractivity contribution >= 4 is 12.1 Å². The van der Waals surface area contributed by atoms with Gasteiger partial charge in [-0.2, -0.15) is 0 Å². The second-order valence-electron chi connectivity index (χ2n) is 6.91. The number of aliphatic carboxylic acids is 1. The highest BCUT2D eigenvalue weighted by molar-refractivity contribution is 5.79. The van der Waals surface area contributed by atoms with E-state index in [1.807, 2.05) is 38.1 Å². The molecule has 0 saturated heterocycles. The lowest BCUT2D eigenvalue weighted by Crippen LogP contribution is -2.46. The van der Waals surface area contributed by atoms with Gasteiger partial charge in [-0.15, -0.1) is 0 Å². The smallest absolute Gasteiger partial charge is 0.408 e. The summed E-state index contributed by atoms with van der Waals surface area (Å²) in [6.45, 7) is 3.84. The van der Waals surface area contributed by atoms with E-state index in [9.17, 15) is 24.2 Å². The highest BCUT2D eigenvalue weighted by atomic mass is 19.1. The van der Waals surface area contributed by atoms with Crippen molar-refractivity contribution in [2.24, 2.45) is 5.92 Å². The molecule has 1 atom stereocenters. The molecular formula is C21H24FNO4. The minimum absolute atomic E-state index is 0.0722. The van der Waals surface area contributed by atoms with Crippen LogP contribution in [0.1, 0.15) is 25.8 Å². The van der Waals surface area contributed by atoms with Crippen LogP contribution in [-0.4, -0.2) is 39.8 Å². The normalized spacial score (nSPS) is 12.0. The van der Waals surface area contributed by atoms with Crippen molar-refractivity contribution in [2.75, 3.05) is 6.54 Å². The van der Waals surface area contributed by atoms with Crippen molar-refractivity contribution in [3.05, 3.63) is 59.9 Å². The molecule has 2 aromatic carbocycles. The summed E-state index contributed by atoms with van der Waals surface area (Å²) in [5, 5.41) is 18.8. The Hall–Kier alpha value is -2.89. The molecule has 0 saturated carbocycles. The van der Waals surface area contributed by atoms with E-state index in [-0.39, 0.29) is 24.7 Å². The number of halogens is 1. The third-order valence-electron chi connectivity index (χ3n) is 4.37. The number of rotatable bonds is 8. The fourth-order valence-corrected chi connectivity index (χ4v) is 2.95. The quantitative estimate of drug-likeness (QED) is 0.713. The van der Waals surface area contributed by atoms with Gasteiger partial charge in [0.2, 0.25) is 0 Å². The van der Waals surface area contributed by atoms with E-state index in [1.165, 1.54) is 12.1 Å². The Morgan fingerprint density at radius 3 is 1.93 bits per heavy atom. The predicted octanol–water partition coefficient (Wildman–Crippen LogP) is 4.51. The molecule has 144 valence electrons. The molecule has 1 amide bonds. The molecule has 0 aliphatic rings. The number of carboxylic acid groups (broad SMARTS) is 2. The molecule has 27 heavy (non-hydrogen) atoms. The molecule has 0 fully saturated rings. The number of carbonyl (C=O) groups is 2. The number of hydrogen-bond donors (Lipinski definition) is 2. The molecule has 1 unspecified atom stereocenters. The van der Waals surface area contributed by atoms with Crippen molar-refractivity contribution in [3.8, 4) is 11.1 Å². The van der Waals surface area contributed by atoms with Gasteiger partial charge in [0.15, 0.2) is 0 Å². The fraction of sp³-hybridized carbons (Fsp3) is 0.333. The van der Waals surface area contributed by atoms with Gasteiger partial charge in [-0.25, -0.2) is 14.0 Å². The van der Waals surface area contributed by atoms with E-state index in [0.717, 1.165) is 21.6 Å². The molecule has 0 spiro atoms. The van der Waals surface area contributed by atoms with Crippen LogP contribution in [0.15, 0.2) is 48.5 Å². The highest BCUT2D eigenvalue weighted by Crippen LogP contribution is 2.21. The van der Waals surface area contributed by atoms with Gasteiger partial charge in [-0.05, 0) is 47.6 Å². The number of benzene rings is 2. The molecule has 5 nitrogen and oxygen atoms in total. The van der Waals surface area contributed by atoms with E-state index >= 15 is 0 Å². The van der Waals surface area contributed by atoms with E-state index in [1.54, 1.807) is 12.1 Å². The molecule has 6 heteroatoms. The van der Waals surface area contributed by atoms with Gasteiger partial charge in [0.05, 0.1) is 0 Å². The molecule has 0 radical (unpaired) electrons. The minimum atomic E-state index is -1.23. The maximum absolute atomic E-state index is 13.0. The maximum atomic E-state index is 13.0. The summed E-state index contributed by atoms with van der Waals surface area (Å²) in [5.74, 6) is -1.35. The Morgan fingerprint density at radius 2 is 1.48 bits per heavy atom. The van der Waals surface area contributed by atoms with E-state index in [2.05, 4.69) is 0 Å². The number of amides is 1. The molecule has 0 aliphatic carbocycles. The van der Waals surface area contributed by atoms with Crippen molar-refractivity contribution in [1.82, 2.24) is 4.90 Å². The standard InChI is InChI=1S/C21H24FNO4/c1-14(2)13-19(20(24)25)23(21(26)27)12-11-15-3-5-16(6-4-15)17-7-9-18(22)10-8-17/h3-10,14,19H,11-13H2,1-2H3,(H,24,25)(H,26,27). The minimum Gasteiger partial charge on any atom is -0.480 e. The van der Waals surface area contributed by atoms with Gasteiger partial charge in [0, 0.05) is 6.54 Å². The molecule has 0 bridgehead atoms. The monoisotopic (exact) mass is 373 g/mol. The van der Waals surface area contributed by atoms with Crippen molar-refractivity contribution in [1.29, 1.82) is 0 Å². The van der Waals surface area contributed by atoms with Crippen molar-refractivity contribution < 1.29 is 24.2 Å². The predicted molar refractivity (Wildman–Crippen MR) is 101 cm³/mol. The van der Waals surface area contributed by atoms with Crippen LogP contribution < -0.4 is 0 Å². The summed E-state index contributed by atoms with van der Waals surface area (Å²) >= 11 is 0. The third kappa shape index (κ3) is 5.81. The SMILES string of the molecule is CC(C)CC(C(=O)O)N(CCc1ccc(-c2ccc(F)cc2)cc1)C(=O)O. The zero-order valence-corrected chi connectivity index (χ0v) is 15.4. The van der Waals surface area contributed by atoms with Gasteiger partial charge in [0.1, 0.15) is 11.9 Å². The average Bonchev–Trinajstić information content (AvgIpc) is 2.61. The van der Waals surface area contributed by atoms with Gasteiger partial charge >= 0.3 is 12.1 Å². The lowest BCUT2D eigenvalue weighted by atomic mass is 10.0. The van der Waals surface area contributed by atoms with Gasteiger partial charge < -0.3 is 10.2 Å². The molecule has 0 heterocycles. The summed E-state index contributed by atoms with van der Waals surface area (Å²) in [6.07, 6.45) is -0.547. The largest absolute Gasteiger partial charge is 0.480 e. The lowest BCUT2D eigenvalue weighted by Gasteiger charge is -2.27. The Labute approximate surface area is 158 Å². The number of nitrogens with zero attached hydrogens (tertiary/aromatic N) is 1. The highest BCUT2D eigenvalue weighted by Gasteiger charge is 2.29. The first kappa shape index (κ1) is 20.4. The van der Waals surface area contributed by atoms with E-state index in [0.29, 0.717) is 6.42 Å². The summed E-state index contributed by atoms with van der Waals surface area (Å²) in [7, 11) is 0.